The number of hydrogen-bond donors (Lipinski definition) is 1. The molecular weight excluding hydrogens is 260 g/mol. The minimum atomic E-state index is -0.456. The van der Waals surface area contributed by atoms with Gasteiger partial charge in [-0.15, -0.1) is 0 Å². The SMILES string of the molecule is CCOCOc1cc(CNC(C)(C)C)ccc1[N+](=O)[O-]. The number of ether oxygens (including phenoxy) is 2. The smallest absolute Gasteiger partial charge is 0.311 e. The van der Waals surface area contributed by atoms with E-state index in [0.29, 0.717) is 13.2 Å². The van der Waals surface area contributed by atoms with Crippen LogP contribution in [0, 0.1) is 10.1 Å². The van der Waals surface area contributed by atoms with Gasteiger partial charge in [-0.1, -0.05) is 6.07 Å². The van der Waals surface area contributed by atoms with E-state index < -0.39 is 4.92 Å². The first-order chi connectivity index (χ1) is 9.33. The number of nitro groups is 1. The van der Waals surface area contributed by atoms with Gasteiger partial charge in [0.25, 0.3) is 0 Å². The Morgan fingerprint density at radius 3 is 2.60 bits per heavy atom. The van der Waals surface area contributed by atoms with E-state index in [0.717, 1.165) is 5.56 Å². The third-order valence-corrected chi connectivity index (χ3v) is 2.55. The van der Waals surface area contributed by atoms with Crippen LogP contribution in [0.4, 0.5) is 5.69 Å². The van der Waals surface area contributed by atoms with Crippen molar-refractivity contribution in [2.75, 3.05) is 13.4 Å². The zero-order valence-corrected chi connectivity index (χ0v) is 12.4. The monoisotopic (exact) mass is 282 g/mol. The fourth-order valence-electron chi connectivity index (χ4n) is 1.49. The highest BCUT2D eigenvalue weighted by Gasteiger charge is 2.16. The summed E-state index contributed by atoms with van der Waals surface area (Å²) in [4.78, 5) is 10.5. The van der Waals surface area contributed by atoms with Crippen molar-refractivity contribution in [3.05, 3.63) is 33.9 Å². The Morgan fingerprint density at radius 1 is 1.35 bits per heavy atom. The number of nitrogens with zero attached hydrogens (tertiary/aromatic N) is 1. The summed E-state index contributed by atoms with van der Waals surface area (Å²) in [5, 5.41) is 14.3. The minimum absolute atomic E-state index is 0.00743. The lowest BCUT2D eigenvalue weighted by Gasteiger charge is -2.20. The van der Waals surface area contributed by atoms with Crippen LogP contribution < -0.4 is 10.1 Å². The number of benzene rings is 1. The lowest BCUT2D eigenvalue weighted by Crippen LogP contribution is -2.35. The van der Waals surface area contributed by atoms with Crippen LogP contribution in [0.1, 0.15) is 33.3 Å². The summed E-state index contributed by atoms with van der Waals surface area (Å²) in [6, 6.07) is 4.86. The molecule has 0 amide bonds. The lowest BCUT2D eigenvalue weighted by molar-refractivity contribution is -0.386. The van der Waals surface area contributed by atoms with Gasteiger partial charge in [0.15, 0.2) is 12.5 Å². The van der Waals surface area contributed by atoms with Crippen LogP contribution in [0.3, 0.4) is 0 Å². The van der Waals surface area contributed by atoms with Crippen LogP contribution in [-0.2, 0) is 11.3 Å². The Morgan fingerprint density at radius 2 is 2.05 bits per heavy atom. The standard InChI is InChI=1S/C14H22N2O4/c1-5-19-10-20-13-8-11(9-15-14(2,3)4)6-7-12(13)16(17)18/h6-8,15H,5,9-10H2,1-4H3. The maximum absolute atomic E-state index is 11.0. The van der Waals surface area contributed by atoms with Gasteiger partial charge in [-0.25, -0.2) is 0 Å². The topological polar surface area (TPSA) is 73.6 Å². The van der Waals surface area contributed by atoms with E-state index in [4.69, 9.17) is 9.47 Å². The predicted molar refractivity (Wildman–Crippen MR) is 76.8 cm³/mol. The Labute approximate surface area is 119 Å². The molecular formula is C14H22N2O4. The third-order valence-electron chi connectivity index (χ3n) is 2.55. The van der Waals surface area contributed by atoms with Crippen molar-refractivity contribution in [3.8, 4) is 5.75 Å². The fourth-order valence-corrected chi connectivity index (χ4v) is 1.49. The molecule has 0 fully saturated rings. The molecule has 0 radical (unpaired) electrons. The fraction of sp³-hybridized carbons (Fsp3) is 0.571. The van der Waals surface area contributed by atoms with Gasteiger partial charge in [0.2, 0.25) is 0 Å². The summed E-state index contributed by atoms with van der Waals surface area (Å²) in [5.74, 6) is 0.233. The second kappa shape index (κ2) is 7.21. The summed E-state index contributed by atoms with van der Waals surface area (Å²) >= 11 is 0. The summed E-state index contributed by atoms with van der Waals surface area (Å²) in [6.45, 7) is 9.14. The van der Waals surface area contributed by atoms with Gasteiger partial charge in [0.05, 0.1) is 4.92 Å². The molecule has 0 heterocycles. The van der Waals surface area contributed by atoms with Crippen LogP contribution in [0.5, 0.6) is 5.75 Å². The molecule has 0 unspecified atom stereocenters. The van der Waals surface area contributed by atoms with Gasteiger partial charge in [-0.3, -0.25) is 10.1 Å². The Balaban J connectivity index is 2.83. The first kappa shape index (κ1) is 16.4. The largest absolute Gasteiger partial charge is 0.460 e. The van der Waals surface area contributed by atoms with E-state index in [-0.39, 0.29) is 23.8 Å². The van der Waals surface area contributed by atoms with Gasteiger partial charge in [0, 0.05) is 24.8 Å². The van der Waals surface area contributed by atoms with Crippen LogP contribution in [0.15, 0.2) is 18.2 Å². The van der Waals surface area contributed by atoms with Crippen molar-refractivity contribution in [2.45, 2.75) is 39.8 Å². The molecule has 0 aliphatic carbocycles. The summed E-state index contributed by atoms with van der Waals surface area (Å²) in [7, 11) is 0. The third kappa shape index (κ3) is 5.54. The van der Waals surface area contributed by atoms with E-state index >= 15 is 0 Å². The normalized spacial score (nSPS) is 11.4. The maximum atomic E-state index is 11.0. The summed E-state index contributed by atoms with van der Waals surface area (Å²) in [5.41, 5.74) is 0.856. The van der Waals surface area contributed by atoms with Gasteiger partial charge in [-0.2, -0.15) is 0 Å². The average Bonchev–Trinajstić information content (AvgIpc) is 2.36. The highest BCUT2D eigenvalue weighted by molar-refractivity contribution is 5.48. The Hall–Kier alpha value is -1.66. The number of rotatable bonds is 7. The molecule has 0 saturated heterocycles. The molecule has 20 heavy (non-hydrogen) atoms. The molecule has 6 nitrogen and oxygen atoms in total. The Bertz CT molecular complexity index is 455. The molecule has 1 aromatic carbocycles. The molecule has 1 N–H and O–H groups in total. The first-order valence-electron chi connectivity index (χ1n) is 6.56. The highest BCUT2D eigenvalue weighted by atomic mass is 16.7. The number of nitrogens with one attached hydrogen (secondary N) is 1. The molecule has 112 valence electrons. The van der Waals surface area contributed by atoms with Gasteiger partial charge >= 0.3 is 5.69 Å². The van der Waals surface area contributed by atoms with Crippen molar-refractivity contribution >= 4 is 5.69 Å². The molecule has 1 aromatic rings. The number of nitro benzene ring substituents is 1. The van der Waals surface area contributed by atoms with E-state index in [1.165, 1.54) is 6.07 Å². The van der Waals surface area contributed by atoms with Gasteiger partial charge in [-0.05, 0) is 39.3 Å². The summed E-state index contributed by atoms with van der Waals surface area (Å²) < 4.78 is 10.4. The zero-order valence-electron chi connectivity index (χ0n) is 12.4. The van der Waals surface area contributed by atoms with Crippen molar-refractivity contribution in [3.63, 3.8) is 0 Å². The van der Waals surface area contributed by atoms with E-state index in [1.54, 1.807) is 12.1 Å². The minimum Gasteiger partial charge on any atom is -0.460 e. The first-order valence-corrected chi connectivity index (χ1v) is 6.56. The molecule has 0 aliphatic heterocycles. The molecule has 1 rings (SSSR count). The molecule has 0 aliphatic rings. The predicted octanol–water partition coefficient (Wildman–Crippen LogP) is 2.86. The van der Waals surface area contributed by atoms with E-state index in [2.05, 4.69) is 26.1 Å². The van der Waals surface area contributed by atoms with Gasteiger partial charge in [0.1, 0.15) is 0 Å². The summed E-state index contributed by atoms with van der Waals surface area (Å²) in [6.07, 6.45) is 0. The van der Waals surface area contributed by atoms with E-state index in [9.17, 15) is 10.1 Å². The Kier molecular flexibility index (Phi) is 5.91. The molecule has 6 heteroatoms. The molecule has 0 bridgehead atoms. The van der Waals surface area contributed by atoms with Crippen LogP contribution >= 0.6 is 0 Å². The van der Waals surface area contributed by atoms with Crippen LogP contribution in [0.25, 0.3) is 0 Å². The van der Waals surface area contributed by atoms with Crippen molar-refractivity contribution < 1.29 is 14.4 Å². The van der Waals surface area contributed by atoms with Crippen LogP contribution in [0.2, 0.25) is 0 Å². The lowest BCUT2D eigenvalue weighted by atomic mass is 10.1. The molecule has 0 aromatic heterocycles. The highest BCUT2D eigenvalue weighted by Crippen LogP contribution is 2.28. The van der Waals surface area contributed by atoms with Crippen LogP contribution in [-0.4, -0.2) is 23.9 Å². The molecule has 0 atom stereocenters. The average molecular weight is 282 g/mol. The quantitative estimate of drug-likeness (QED) is 0.360. The second-order valence-corrected chi connectivity index (χ2v) is 5.42. The molecule has 0 saturated carbocycles. The second-order valence-electron chi connectivity index (χ2n) is 5.42. The zero-order chi connectivity index (χ0) is 15.2. The van der Waals surface area contributed by atoms with Crippen molar-refractivity contribution in [2.24, 2.45) is 0 Å². The van der Waals surface area contributed by atoms with Gasteiger partial charge < -0.3 is 14.8 Å². The van der Waals surface area contributed by atoms with E-state index in [1.807, 2.05) is 6.92 Å². The molecule has 0 spiro atoms. The van der Waals surface area contributed by atoms with Crippen molar-refractivity contribution in [1.29, 1.82) is 0 Å². The maximum Gasteiger partial charge on any atom is 0.311 e. The van der Waals surface area contributed by atoms with Crippen molar-refractivity contribution in [1.82, 2.24) is 5.32 Å². The number of hydrogen-bond acceptors (Lipinski definition) is 5.